The van der Waals surface area contributed by atoms with Crippen LogP contribution in [-0.2, 0) is 4.74 Å². The molecule has 0 aromatic rings. The Morgan fingerprint density at radius 2 is 2.27 bits per heavy atom. The lowest BCUT2D eigenvalue weighted by Gasteiger charge is -2.24. The van der Waals surface area contributed by atoms with Gasteiger partial charge in [0.25, 0.3) is 0 Å². The quantitative estimate of drug-likeness (QED) is 0.481. The lowest BCUT2D eigenvalue weighted by atomic mass is 9.78. The van der Waals surface area contributed by atoms with Gasteiger partial charge in [0.1, 0.15) is 0 Å². The highest BCUT2D eigenvalue weighted by atomic mass is 16.5. The molecule has 0 amide bonds. The summed E-state index contributed by atoms with van der Waals surface area (Å²) in [4.78, 5) is 0. The van der Waals surface area contributed by atoms with Gasteiger partial charge in [-0.2, -0.15) is 0 Å². The van der Waals surface area contributed by atoms with Crippen molar-refractivity contribution in [1.29, 1.82) is 0 Å². The second-order valence-electron chi connectivity index (χ2n) is 3.98. The summed E-state index contributed by atoms with van der Waals surface area (Å²) in [5.74, 6) is 0.836. The largest absolute Gasteiger partial charge is 0.370 e. The van der Waals surface area contributed by atoms with E-state index in [0.717, 1.165) is 5.92 Å². The van der Waals surface area contributed by atoms with Crippen LogP contribution >= 0.6 is 0 Å². The highest BCUT2D eigenvalue weighted by molar-refractivity contribution is 5.24. The van der Waals surface area contributed by atoms with E-state index in [4.69, 9.17) is 4.74 Å². The molecular weight excluding hydrogens is 136 g/mol. The summed E-state index contributed by atoms with van der Waals surface area (Å²) in [6.45, 7) is 0. The second kappa shape index (κ2) is 2.10. The van der Waals surface area contributed by atoms with E-state index in [-0.39, 0.29) is 0 Å². The van der Waals surface area contributed by atoms with E-state index >= 15 is 0 Å². The lowest BCUT2D eigenvalue weighted by Crippen LogP contribution is -2.21. The zero-order valence-corrected chi connectivity index (χ0v) is 6.75. The zero-order chi connectivity index (χ0) is 7.26. The lowest BCUT2D eigenvalue weighted by molar-refractivity contribution is 0.0935. The molecule has 2 bridgehead atoms. The van der Waals surface area contributed by atoms with E-state index in [1.165, 1.54) is 32.1 Å². The van der Waals surface area contributed by atoms with Gasteiger partial charge in [-0.05, 0) is 37.7 Å². The van der Waals surface area contributed by atoms with E-state index in [2.05, 4.69) is 6.08 Å². The van der Waals surface area contributed by atoms with Gasteiger partial charge in [0.15, 0.2) is 0 Å². The van der Waals surface area contributed by atoms with Crippen LogP contribution in [0.2, 0.25) is 0 Å². The van der Waals surface area contributed by atoms with Crippen molar-refractivity contribution in [2.75, 3.05) is 0 Å². The summed E-state index contributed by atoms with van der Waals surface area (Å²) in [5, 5.41) is 0. The molecule has 3 aliphatic rings. The van der Waals surface area contributed by atoms with Crippen LogP contribution in [0, 0.1) is 5.92 Å². The average molecular weight is 150 g/mol. The van der Waals surface area contributed by atoms with Crippen LogP contribution in [0.1, 0.15) is 32.1 Å². The van der Waals surface area contributed by atoms with Crippen LogP contribution in [0.4, 0.5) is 0 Å². The summed E-state index contributed by atoms with van der Waals surface area (Å²) in [6.07, 6.45) is 10.3. The molecule has 2 aliphatic heterocycles. The van der Waals surface area contributed by atoms with Crippen LogP contribution in [0.3, 0.4) is 0 Å². The zero-order valence-electron chi connectivity index (χ0n) is 6.75. The molecule has 0 aromatic heterocycles. The van der Waals surface area contributed by atoms with Gasteiger partial charge >= 0.3 is 0 Å². The predicted molar refractivity (Wildman–Crippen MR) is 43.3 cm³/mol. The highest BCUT2D eigenvalue weighted by Gasteiger charge is 2.44. The van der Waals surface area contributed by atoms with E-state index in [1.807, 2.05) is 0 Å². The average Bonchev–Trinajstić information content (AvgIpc) is 2.64. The first-order chi connectivity index (χ1) is 5.45. The molecule has 11 heavy (non-hydrogen) atoms. The van der Waals surface area contributed by atoms with Crippen molar-refractivity contribution in [1.82, 2.24) is 0 Å². The SMILES string of the molecule is C1=C2C3CCC(O3)C2CCC1. The molecule has 3 atom stereocenters. The first-order valence-electron chi connectivity index (χ1n) is 4.80. The maximum absolute atomic E-state index is 5.85. The molecule has 3 unspecified atom stereocenters. The fraction of sp³-hybridized carbons (Fsp3) is 0.800. The molecule has 0 saturated carbocycles. The third kappa shape index (κ3) is 0.750. The van der Waals surface area contributed by atoms with Gasteiger partial charge in [0, 0.05) is 5.92 Å². The Bertz CT molecular complexity index is 207. The van der Waals surface area contributed by atoms with Crippen LogP contribution in [0.25, 0.3) is 0 Å². The van der Waals surface area contributed by atoms with Crippen molar-refractivity contribution >= 4 is 0 Å². The Kier molecular flexibility index (Phi) is 1.19. The monoisotopic (exact) mass is 150 g/mol. The van der Waals surface area contributed by atoms with Gasteiger partial charge in [0.05, 0.1) is 12.2 Å². The van der Waals surface area contributed by atoms with Crippen molar-refractivity contribution in [3.8, 4) is 0 Å². The summed E-state index contributed by atoms with van der Waals surface area (Å²) >= 11 is 0. The molecule has 60 valence electrons. The Hall–Kier alpha value is -0.300. The second-order valence-corrected chi connectivity index (χ2v) is 3.98. The Morgan fingerprint density at radius 3 is 3.18 bits per heavy atom. The minimum atomic E-state index is 0.547. The molecule has 0 radical (unpaired) electrons. The molecule has 1 nitrogen and oxygen atoms in total. The molecule has 3 rings (SSSR count). The third-order valence-electron chi connectivity index (χ3n) is 3.40. The van der Waals surface area contributed by atoms with Crippen molar-refractivity contribution in [3.63, 3.8) is 0 Å². The van der Waals surface area contributed by atoms with Crippen LogP contribution in [0.15, 0.2) is 11.6 Å². The normalized spacial score (nSPS) is 47.3. The molecule has 2 fully saturated rings. The Morgan fingerprint density at radius 1 is 1.27 bits per heavy atom. The van der Waals surface area contributed by atoms with Gasteiger partial charge < -0.3 is 4.74 Å². The van der Waals surface area contributed by atoms with E-state index in [9.17, 15) is 0 Å². The molecule has 2 heterocycles. The van der Waals surface area contributed by atoms with Gasteiger partial charge in [-0.25, -0.2) is 0 Å². The molecule has 1 heteroatoms. The predicted octanol–water partition coefficient (Wildman–Crippen LogP) is 2.27. The minimum Gasteiger partial charge on any atom is -0.370 e. The number of hydrogen-bond acceptors (Lipinski definition) is 1. The number of rotatable bonds is 0. The summed E-state index contributed by atoms with van der Waals surface area (Å²) in [5.41, 5.74) is 1.66. The maximum Gasteiger partial charge on any atom is 0.0793 e. The number of ether oxygens (including phenoxy) is 1. The van der Waals surface area contributed by atoms with Crippen LogP contribution in [0.5, 0.6) is 0 Å². The number of hydrogen-bond donors (Lipinski definition) is 0. The first-order valence-corrected chi connectivity index (χ1v) is 4.80. The Balaban J connectivity index is 1.98. The third-order valence-corrected chi connectivity index (χ3v) is 3.40. The highest BCUT2D eigenvalue weighted by Crippen LogP contribution is 2.47. The van der Waals surface area contributed by atoms with Crippen molar-refractivity contribution in [2.45, 2.75) is 44.3 Å². The van der Waals surface area contributed by atoms with Crippen molar-refractivity contribution in [2.24, 2.45) is 5.92 Å². The number of fused-ring (bicyclic) bond motifs is 5. The molecule has 2 saturated heterocycles. The van der Waals surface area contributed by atoms with Crippen molar-refractivity contribution < 1.29 is 4.74 Å². The molecule has 0 N–H and O–H groups in total. The van der Waals surface area contributed by atoms with Crippen LogP contribution in [-0.4, -0.2) is 12.2 Å². The van der Waals surface area contributed by atoms with Crippen molar-refractivity contribution in [3.05, 3.63) is 11.6 Å². The van der Waals surface area contributed by atoms with E-state index in [1.54, 1.807) is 5.57 Å². The van der Waals surface area contributed by atoms with Gasteiger partial charge in [-0.1, -0.05) is 6.08 Å². The number of allylic oxidation sites excluding steroid dienone is 1. The standard InChI is InChI=1S/C10H14O/c1-2-4-8-7(3-1)9-5-6-10(8)11-9/h3,8-10H,1-2,4-6H2. The summed E-state index contributed by atoms with van der Waals surface area (Å²) < 4.78 is 5.85. The summed E-state index contributed by atoms with van der Waals surface area (Å²) in [7, 11) is 0. The topological polar surface area (TPSA) is 9.23 Å². The molecule has 1 aliphatic carbocycles. The van der Waals surface area contributed by atoms with Gasteiger partial charge in [0.2, 0.25) is 0 Å². The minimum absolute atomic E-state index is 0.547. The van der Waals surface area contributed by atoms with E-state index in [0.29, 0.717) is 12.2 Å². The first kappa shape index (κ1) is 6.24. The molecule has 0 spiro atoms. The fourth-order valence-electron chi connectivity index (χ4n) is 2.90. The van der Waals surface area contributed by atoms with E-state index < -0.39 is 0 Å². The summed E-state index contributed by atoms with van der Waals surface area (Å²) in [6, 6.07) is 0. The van der Waals surface area contributed by atoms with Gasteiger partial charge in [-0.3, -0.25) is 0 Å². The maximum atomic E-state index is 5.85. The van der Waals surface area contributed by atoms with Gasteiger partial charge in [-0.15, -0.1) is 0 Å². The fourth-order valence-corrected chi connectivity index (χ4v) is 2.90. The molecule has 0 aromatic carbocycles. The molecular formula is C10H14O. The Labute approximate surface area is 67.4 Å². The smallest absolute Gasteiger partial charge is 0.0793 e. The van der Waals surface area contributed by atoms with Crippen LogP contribution < -0.4 is 0 Å².